The monoisotopic (exact) mass is 285 g/mol. The van der Waals surface area contributed by atoms with Crippen molar-refractivity contribution in [2.45, 2.75) is 31.5 Å². The summed E-state index contributed by atoms with van der Waals surface area (Å²) in [5, 5.41) is 28.9. The summed E-state index contributed by atoms with van der Waals surface area (Å²) in [6.45, 7) is 0.983. The molecule has 0 amide bonds. The summed E-state index contributed by atoms with van der Waals surface area (Å²) in [4.78, 5) is 22.4. The highest BCUT2D eigenvalue weighted by atomic mass is 16.6. The quantitative estimate of drug-likeness (QED) is 0.593. The van der Waals surface area contributed by atoms with E-state index in [0.717, 1.165) is 10.6 Å². The van der Waals surface area contributed by atoms with Gasteiger partial charge < -0.3 is 24.8 Å². The van der Waals surface area contributed by atoms with Gasteiger partial charge in [-0.05, 0) is 6.07 Å². The molecule has 3 N–H and O–H groups in total. The summed E-state index contributed by atoms with van der Waals surface area (Å²) >= 11 is 0. The minimum Gasteiger partial charge on any atom is -0.508 e. The Hall–Kier alpha value is -1.90. The van der Waals surface area contributed by atoms with Gasteiger partial charge in [0.25, 0.3) is 5.56 Å². The number of ether oxygens (including phenoxy) is 2. The minimum absolute atomic E-state index is 0.212. The first-order chi connectivity index (χ1) is 9.40. The second-order valence-electron chi connectivity index (χ2n) is 4.48. The lowest BCUT2D eigenvalue weighted by atomic mass is 10.1. The molecule has 0 spiro atoms. The molecule has 8 heteroatoms. The molecule has 1 aromatic heterocycles. The number of hydrogen-bond donors (Lipinski definition) is 3. The molecule has 0 aromatic carbocycles. The highest BCUT2D eigenvalue weighted by molar-refractivity contribution is 5.65. The zero-order valence-corrected chi connectivity index (χ0v) is 10.7. The van der Waals surface area contributed by atoms with Crippen LogP contribution in [0.2, 0.25) is 0 Å². The van der Waals surface area contributed by atoms with Gasteiger partial charge in [-0.25, -0.2) is 0 Å². The molecule has 0 aliphatic carbocycles. The van der Waals surface area contributed by atoms with Gasteiger partial charge >= 0.3 is 5.97 Å². The Morgan fingerprint density at radius 2 is 2.15 bits per heavy atom. The zero-order chi connectivity index (χ0) is 14.9. The van der Waals surface area contributed by atoms with Crippen LogP contribution in [-0.4, -0.2) is 50.8 Å². The molecule has 0 unspecified atom stereocenters. The lowest BCUT2D eigenvalue weighted by Crippen LogP contribution is -2.35. The van der Waals surface area contributed by atoms with E-state index in [4.69, 9.17) is 9.47 Å². The first kappa shape index (κ1) is 14.5. The van der Waals surface area contributed by atoms with Gasteiger partial charge in [0.05, 0.1) is 0 Å². The molecule has 2 heterocycles. The summed E-state index contributed by atoms with van der Waals surface area (Å²) in [7, 11) is 0. The minimum atomic E-state index is -1.35. The van der Waals surface area contributed by atoms with Crippen LogP contribution >= 0.6 is 0 Å². The van der Waals surface area contributed by atoms with E-state index >= 15 is 0 Å². The van der Waals surface area contributed by atoms with Gasteiger partial charge in [-0.1, -0.05) is 0 Å². The van der Waals surface area contributed by atoms with E-state index in [-0.39, 0.29) is 12.4 Å². The normalized spacial score (nSPS) is 29.4. The van der Waals surface area contributed by atoms with Crippen LogP contribution in [0.3, 0.4) is 0 Å². The summed E-state index contributed by atoms with van der Waals surface area (Å²) in [5.41, 5.74) is -0.589. The lowest BCUT2D eigenvalue weighted by Gasteiger charge is -2.17. The average Bonchev–Trinajstić information content (AvgIpc) is 2.64. The third kappa shape index (κ3) is 2.82. The molecule has 4 atom stereocenters. The van der Waals surface area contributed by atoms with Crippen molar-refractivity contribution >= 4 is 5.97 Å². The van der Waals surface area contributed by atoms with Crippen LogP contribution in [0.15, 0.2) is 23.1 Å². The topological polar surface area (TPSA) is 118 Å². The predicted octanol–water partition coefficient (Wildman–Crippen LogP) is -1.26. The number of hydrogen-bond acceptors (Lipinski definition) is 7. The largest absolute Gasteiger partial charge is 0.508 e. The number of esters is 1. The molecule has 8 nitrogen and oxygen atoms in total. The SMILES string of the molecule is CC(=O)OC[C@@H]1O[C@@H](n2ccc(O)cc2=O)[C@@H](O)[C@@H]1O. The maximum atomic E-state index is 11.7. The standard InChI is InChI=1S/C12H15NO7/c1-6(14)19-5-8-10(17)11(18)12(20-8)13-3-2-7(15)4-9(13)16/h2-4,8,10-12,15,17-18H,5H2,1H3/t8-,10+,11-,12+/m0/s1. The van der Waals surface area contributed by atoms with Gasteiger partial charge in [0.1, 0.15) is 30.7 Å². The van der Waals surface area contributed by atoms with Crippen LogP contribution in [-0.2, 0) is 14.3 Å². The number of carbonyl (C=O) groups is 1. The maximum absolute atomic E-state index is 11.7. The van der Waals surface area contributed by atoms with Crippen LogP contribution < -0.4 is 5.56 Å². The average molecular weight is 285 g/mol. The Kier molecular flexibility index (Phi) is 4.07. The highest BCUT2D eigenvalue weighted by Crippen LogP contribution is 2.28. The molecule has 0 saturated carbocycles. The van der Waals surface area contributed by atoms with E-state index in [1.54, 1.807) is 0 Å². The molecule has 0 bridgehead atoms. The van der Waals surface area contributed by atoms with Crippen LogP contribution in [0, 0.1) is 0 Å². The summed E-state index contributed by atoms with van der Waals surface area (Å²) in [6, 6.07) is 2.21. The summed E-state index contributed by atoms with van der Waals surface area (Å²) in [6.07, 6.45) is -3.44. The van der Waals surface area contributed by atoms with E-state index in [0.29, 0.717) is 0 Å². The Labute approximate surface area is 113 Å². The Balaban J connectivity index is 2.17. The first-order valence-corrected chi connectivity index (χ1v) is 5.96. The maximum Gasteiger partial charge on any atom is 0.302 e. The zero-order valence-electron chi connectivity index (χ0n) is 10.7. The molecule has 1 aliphatic rings. The number of rotatable bonds is 3. The third-order valence-corrected chi connectivity index (χ3v) is 2.99. The molecule has 1 aliphatic heterocycles. The fourth-order valence-corrected chi connectivity index (χ4v) is 1.99. The van der Waals surface area contributed by atoms with Crippen molar-refractivity contribution in [2.24, 2.45) is 0 Å². The van der Waals surface area contributed by atoms with E-state index in [1.807, 2.05) is 0 Å². The molecule has 1 aromatic rings. The lowest BCUT2D eigenvalue weighted by molar-refractivity contribution is -0.147. The van der Waals surface area contributed by atoms with Crippen LogP contribution in [0.5, 0.6) is 5.75 Å². The van der Waals surface area contributed by atoms with Gasteiger partial charge in [-0.15, -0.1) is 0 Å². The van der Waals surface area contributed by atoms with Crippen molar-refractivity contribution in [3.63, 3.8) is 0 Å². The van der Waals surface area contributed by atoms with Crippen molar-refractivity contribution in [2.75, 3.05) is 6.61 Å². The second kappa shape index (κ2) is 5.61. The molecule has 1 fully saturated rings. The van der Waals surface area contributed by atoms with E-state index in [1.165, 1.54) is 19.2 Å². The Morgan fingerprint density at radius 3 is 2.75 bits per heavy atom. The molecular formula is C12H15NO7. The van der Waals surface area contributed by atoms with Gasteiger partial charge in [0.15, 0.2) is 6.23 Å². The van der Waals surface area contributed by atoms with Gasteiger partial charge in [-0.2, -0.15) is 0 Å². The van der Waals surface area contributed by atoms with Gasteiger partial charge in [-0.3, -0.25) is 14.2 Å². The number of aromatic hydroxyl groups is 1. The Morgan fingerprint density at radius 1 is 1.45 bits per heavy atom. The third-order valence-electron chi connectivity index (χ3n) is 2.99. The number of nitrogens with zero attached hydrogens (tertiary/aromatic N) is 1. The van der Waals surface area contributed by atoms with E-state index < -0.39 is 36.1 Å². The Bertz CT molecular complexity index is 555. The van der Waals surface area contributed by atoms with E-state index in [2.05, 4.69) is 0 Å². The van der Waals surface area contributed by atoms with Crippen LogP contribution in [0.1, 0.15) is 13.2 Å². The van der Waals surface area contributed by atoms with Gasteiger partial charge in [0.2, 0.25) is 0 Å². The predicted molar refractivity (Wildman–Crippen MR) is 64.9 cm³/mol. The van der Waals surface area contributed by atoms with Crippen molar-refractivity contribution < 1.29 is 29.6 Å². The number of aliphatic hydroxyl groups is 2. The highest BCUT2D eigenvalue weighted by Gasteiger charge is 2.44. The fourth-order valence-electron chi connectivity index (χ4n) is 1.99. The number of aliphatic hydroxyl groups excluding tert-OH is 2. The van der Waals surface area contributed by atoms with Crippen LogP contribution in [0.25, 0.3) is 0 Å². The van der Waals surface area contributed by atoms with Crippen molar-refractivity contribution in [1.82, 2.24) is 4.57 Å². The molecule has 2 rings (SSSR count). The van der Waals surface area contributed by atoms with Crippen molar-refractivity contribution in [1.29, 1.82) is 0 Å². The number of carbonyl (C=O) groups excluding carboxylic acids is 1. The van der Waals surface area contributed by atoms with Gasteiger partial charge in [0, 0.05) is 19.2 Å². The molecule has 1 saturated heterocycles. The van der Waals surface area contributed by atoms with E-state index in [9.17, 15) is 24.9 Å². The van der Waals surface area contributed by atoms with Crippen molar-refractivity contribution in [3.05, 3.63) is 28.7 Å². The first-order valence-electron chi connectivity index (χ1n) is 5.96. The molecular weight excluding hydrogens is 270 g/mol. The van der Waals surface area contributed by atoms with Crippen molar-refractivity contribution in [3.8, 4) is 5.75 Å². The fraction of sp³-hybridized carbons (Fsp3) is 0.500. The molecule has 20 heavy (non-hydrogen) atoms. The van der Waals surface area contributed by atoms with Crippen LogP contribution in [0.4, 0.5) is 0 Å². The smallest absolute Gasteiger partial charge is 0.302 e. The summed E-state index contributed by atoms with van der Waals surface area (Å²) in [5.74, 6) is -0.753. The number of aromatic nitrogens is 1. The molecule has 0 radical (unpaired) electrons. The second-order valence-corrected chi connectivity index (χ2v) is 4.48. The molecule has 110 valence electrons. The number of pyridine rings is 1. The summed E-state index contributed by atoms with van der Waals surface area (Å²) < 4.78 is 11.1.